The molecule has 1 N–H and O–H groups in total. The van der Waals surface area contributed by atoms with Crippen molar-refractivity contribution in [3.63, 3.8) is 0 Å². The van der Waals surface area contributed by atoms with Gasteiger partial charge < -0.3 is 9.67 Å². The topological polar surface area (TPSA) is 50.9 Å². The fraction of sp³-hybridized carbons (Fsp3) is 0.846. The van der Waals surface area contributed by atoms with Crippen molar-refractivity contribution < 1.29 is 5.11 Å². The first kappa shape index (κ1) is 12.6. The molecule has 1 aromatic heterocycles. The summed E-state index contributed by atoms with van der Waals surface area (Å²) in [6, 6.07) is 0. The van der Waals surface area contributed by atoms with Gasteiger partial charge in [-0.05, 0) is 12.8 Å². The largest absolute Gasteiger partial charge is 0.388 e. The van der Waals surface area contributed by atoms with Gasteiger partial charge >= 0.3 is 0 Å². The molecule has 0 spiro atoms. The van der Waals surface area contributed by atoms with Gasteiger partial charge in [-0.2, -0.15) is 0 Å². The predicted molar refractivity (Wildman–Crippen MR) is 66.5 cm³/mol. The van der Waals surface area contributed by atoms with E-state index in [0.717, 1.165) is 24.7 Å². The van der Waals surface area contributed by atoms with Crippen LogP contribution in [0.25, 0.3) is 0 Å². The Bertz CT molecular complexity index is 340. The average Bonchev–Trinajstić information content (AvgIpc) is 2.55. The Labute approximate surface area is 103 Å². The molecule has 0 aliphatic heterocycles. The number of hydrogen-bond acceptors (Lipinski definition) is 3. The van der Waals surface area contributed by atoms with Crippen LogP contribution in [-0.2, 0) is 19.6 Å². The molecule has 96 valence electrons. The van der Waals surface area contributed by atoms with Crippen molar-refractivity contribution in [3.8, 4) is 0 Å². The predicted octanol–water partition coefficient (Wildman–Crippen LogP) is 2.30. The molecule has 1 fully saturated rings. The first-order chi connectivity index (χ1) is 8.35. The molecule has 4 heteroatoms. The van der Waals surface area contributed by atoms with E-state index in [2.05, 4.69) is 21.7 Å². The molecule has 17 heavy (non-hydrogen) atoms. The summed E-state index contributed by atoms with van der Waals surface area (Å²) in [5.74, 6) is 2.53. The first-order valence-corrected chi connectivity index (χ1v) is 6.87. The molecule has 1 aromatic rings. The van der Waals surface area contributed by atoms with Gasteiger partial charge in [0.2, 0.25) is 0 Å². The third-order valence-corrected chi connectivity index (χ3v) is 3.81. The maximum atomic E-state index is 9.19. The van der Waals surface area contributed by atoms with Crippen molar-refractivity contribution in [2.75, 3.05) is 0 Å². The monoisotopic (exact) mass is 237 g/mol. The van der Waals surface area contributed by atoms with E-state index in [0.29, 0.717) is 5.82 Å². The van der Waals surface area contributed by atoms with Gasteiger partial charge in [-0.15, -0.1) is 10.2 Å². The SMILES string of the molecule is CCn1c(CO)nnc1CC1CCCCCC1. The van der Waals surface area contributed by atoms with Crippen LogP contribution in [0, 0.1) is 5.92 Å². The Morgan fingerprint density at radius 3 is 2.35 bits per heavy atom. The summed E-state index contributed by atoms with van der Waals surface area (Å²) in [6.07, 6.45) is 9.17. The third kappa shape index (κ3) is 3.06. The van der Waals surface area contributed by atoms with Crippen molar-refractivity contribution in [2.45, 2.75) is 65.0 Å². The van der Waals surface area contributed by atoms with E-state index in [1.54, 1.807) is 0 Å². The highest BCUT2D eigenvalue weighted by Gasteiger charge is 2.17. The van der Waals surface area contributed by atoms with Crippen LogP contribution in [0.15, 0.2) is 0 Å². The number of hydrogen-bond donors (Lipinski definition) is 1. The minimum atomic E-state index is -0.00843. The van der Waals surface area contributed by atoms with E-state index in [-0.39, 0.29) is 6.61 Å². The van der Waals surface area contributed by atoms with Crippen molar-refractivity contribution in [3.05, 3.63) is 11.6 Å². The van der Waals surface area contributed by atoms with Crippen molar-refractivity contribution in [1.29, 1.82) is 0 Å². The fourth-order valence-corrected chi connectivity index (χ4v) is 2.83. The Kier molecular flexibility index (Phi) is 4.54. The summed E-state index contributed by atoms with van der Waals surface area (Å²) in [6.45, 7) is 2.93. The van der Waals surface area contributed by atoms with E-state index in [9.17, 15) is 5.11 Å². The lowest BCUT2D eigenvalue weighted by Gasteiger charge is -2.14. The zero-order valence-electron chi connectivity index (χ0n) is 10.7. The Morgan fingerprint density at radius 2 is 1.76 bits per heavy atom. The lowest BCUT2D eigenvalue weighted by atomic mass is 9.96. The quantitative estimate of drug-likeness (QED) is 0.817. The number of aliphatic hydroxyl groups excluding tert-OH is 1. The molecular formula is C13H23N3O. The zero-order chi connectivity index (χ0) is 12.1. The Balaban J connectivity index is 2.03. The van der Waals surface area contributed by atoms with Gasteiger partial charge in [-0.1, -0.05) is 38.5 Å². The molecule has 0 aromatic carbocycles. The first-order valence-electron chi connectivity index (χ1n) is 6.87. The highest BCUT2D eigenvalue weighted by molar-refractivity contribution is 4.96. The number of aliphatic hydroxyl groups is 1. The Morgan fingerprint density at radius 1 is 1.12 bits per heavy atom. The standard InChI is InChI=1S/C13H23N3O/c1-2-16-12(14-15-13(16)10-17)9-11-7-5-3-4-6-8-11/h11,17H,2-10H2,1H3. The van der Waals surface area contributed by atoms with Gasteiger partial charge in [-0.25, -0.2) is 0 Å². The molecule has 0 radical (unpaired) electrons. The molecule has 4 nitrogen and oxygen atoms in total. The van der Waals surface area contributed by atoms with E-state index in [1.807, 2.05) is 0 Å². The minimum Gasteiger partial charge on any atom is -0.388 e. The van der Waals surface area contributed by atoms with Gasteiger partial charge in [0.25, 0.3) is 0 Å². The summed E-state index contributed by atoms with van der Waals surface area (Å²) in [5.41, 5.74) is 0. The van der Waals surface area contributed by atoms with E-state index >= 15 is 0 Å². The second-order valence-electron chi connectivity index (χ2n) is 5.00. The second kappa shape index (κ2) is 6.15. The van der Waals surface area contributed by atoms with Crippen LogP contribution in [-0.4, -0.2) is 19.9 Å². The van der Waals surface area contributed by atoms with Crippen LogP contribution in [0.1, 0.15) is 57.1 Å². The number of rotatable bonds is 4. The highest BCUT2D eigenvalue weighted by Crippen LogP contribution is 2.25. The van der Waals surface area contributed by atoms with Crippen molar-refractivity contribution in [2.24, 2.45) is 5.92 Å². The smallest absolute Gasteiger partial charge is 0.158 e. The normalized spacial score (nSPS) is 18.2. The van der Waals surface area contributed by atoms with Gasteiger partial charge in [0, 0.05) is 13.0 Å². The summed E-state index contributed by atoms with van der Waals surface area (Å²) in [4.78, 5) is 0. The highest BCUT2D eigenvalue weighted by atomic mass is 16.3. The van der Waals surface area contributed by atoms with Gasteiger partial charge in [0.1, 0.15) is 12.4 Å². The maximum absolute atomic E-state index is 9.19. The molecule has 0 atom stereocenters. The number of aromatic nitrogens is 3. The summed E-state index contributed by atoms with van der Waals surface area (Å²) >= 11 is 0. The molecule has 2 rings (SSSR count). The van der Waals surface area contributed by atoms with Crippen LogP contribution < -0.4 is 0 Å². The molecule has 1 aliphatic carbocycles. The average molecular weight is 237 g/mol. The third-order valence-electron chi connectivity index (χ3n) is 3.81. The van der Waals surface area contributed by atoms with E-state index in [4.69, 9.17) is 0 Å². The molecule has 0 amide bonds. The molecule has 1 aliphatic rings. The summed E-state index contributed by atoms with van der Waals surface area (Å²) in [7, 11) is 0. The lowest BCUT2D eigenvalue weighted by Crippen LogP contribution is -2.11. The lowest BCUT2D eigenvalue weighted by molar-refractivity contribution is 0.264. The second-order valence-corrected chi connectivity index (χ2v) is 5.00. The van der Waals surface area contributed by atoms with Crippen LogP contribution >= 0.6 is 0 Å². The molecule has 0 saturated heterocycles. The van der Waals surface area contributed by atoms with Crippen LogP contribution in [0.2, 0.25) is 0 Å². The van der Waals surface area contributed by atoms with Gasteiger partial charge in [-0.3, -0.25) is 0 Å². The van der Waals surface area contributed by atoms with Crippen LogP contribution in [0.4, 0.5) is 0 Å². The summed E-state index contributed by atoms with van der Waals surface area (Å²) in [5, 5.41) is 17.5. The minimum absolute atomic E-state index is 0.00843. The Hall–Kier alpha value is -0.900. The number of nitrogens with zero attached hydrogens (tertiary/aromatic N) is 3. The molecule has 1 heterocycles. The van der Waals surface area contributed by atoms with Gasteiger partial charge in [0.15, 0.2) is 5.82 Å². The van der Waals surface area contributed by atoms with Crippen molar-refractivity contribution in [1.82, 2.24) is 14.8 Å². The molecule has 0 unspecified atom stereocenters. The molecule has 1 saturated carbocycles. The van der Waals surface area contributed by atoms with Crippen LogP contribution in [0.3, 0.4) is 0 Å². The zero-order valence-corrected chi connectivity index (χ0v) is 10.7. The maximum Gasteiger partial charge on any atom is 0.158 e. The van der Waals surface area contributed by atoms with Crippen molar-refractivity contribution >= 4 is 0 Å². The van der Waals surface area contributed by atoms with Crippen LogP contribution in [0.5, 0.6) is 0 Å². The van der Waals surface area contributed by atoms with Gasteiger partial charge in [0.05, 0.1) is 0 Å². The van der Waals surface area contributed by atoms with E-state index < -0.39 is 0 Å². The summed E-state index contributed by atoms with van der Waals surface area (Å²) < 4.78 is 2.06. The molecule has 0 bridgehead atoms. The fourth-order valence-electron chi connectivity index (χ4n) is 2.83. The van der Waals surface area contributed by atoms with E-state index in [1.165, 1.54) is 38.5 Å². The molecular weight excluding hydrogens is 214 g/mol.